The van der Waals surface area contributed by atoms with Gasteiger partial charge in [0.1, 0.15) is 11.5 Å². The number of nitrogens with zero attached hydrogens (tertiary/aromatic N) is 5. The molecule has 0 aliphatic carbocycles. The summed E-state index contributed by atoms with van der Waals surface area (Å²) in [6.07, 6.45) is 2.08. The standard InChI is InChI=1S/C21H25N5OS/c1-16-14-18-21(27)25(12-13-26(18)15-16)11-8-23-6-9-24(10-7-23)20-17-4-2-3-5-19(17)28-22-20/h2-5,14-15H,6-13H2,1H3. The van der Waals surface area contributed by atoms with Crippen molar-refractivity contribution >= 4 is 33.3 Å². The second-order valence-electron chi connectivity index (χ2n) is 7.72. The van der Waals surface area contributed by atoms with Gasteiger partial charge in [-0.15, -0.1) is 0 Å². The van der Waals surface area contributed by atoms with Gasteiger partial charge in [-0.25, -0.2) is 0 Å². The summed E-state index contributed by atoms with van der Waals surface area (Å²) >= 11 is 1.58. The van der Waals surface area contributed by atoms with E-state index in [-0.39, 0.29) is 5.91 Å². The summed E-state index contributed by atoms with van der Waals surface area (Å²) in [6, 6.07) is 10.5. The number of carbonyl (C=O) groups is 1. The lowest BCUT2D eigenvalue weighted by atomic mass is 10.2. The SMILES string of the molecule is Cc1cc2n(c1)CCN(CCN1CCN(c3nsc4ccccc34)CC1)C2=O. The third-order valence-electron chi connectivity index (χ3n) is 5.87. The number of hydrogen-bond acceptors (Lipinski definition) is 5. The van der Waals surface area contributed by atoms with E-state index >= 15 is 0 Å². The molecule has 0 bridgehead atoms. The number of carbonyl (C=O) groups excluding carboxylic acids is 1. The molecule has 3 aromatic rings. The molecule has 1 saturated heterocycles. The van der Waals surface area contributed by atoms with Crippen LogP contribution in [0.15, 0.2) is 36.5 Å². The zero-order valence-corrected chi connectivity index (χ0v) is 17.0. The molecule has 0 saturated carbocycles. The van der Waals surface area contributed by atoms with E-state index in [9.17, 15) is 4.79 Å². The monoisotopic (exact) mass is 395 g/mol. The molecule has 0 radical (unpaired) electrons. The molecule has 5 rings (SSSR count). The zero-order valence-electron chi connectivity index (χ0n) is 16.2. The fraction of sp³-hybridized carbons (Fsp3) is 0.429. The van der Waals surface area contributed by atoms with Crippen molar-refractivity contribution in [2.24, 2.45) is 0 Å². The summed E-state index contributed by atoms with van der Waals surface area (Å²) in [5, 5.41) is 1.26. The Morgan fingerprint density at radius 2 is 1.86 bits per heavy atom. The Hall–Kier alpha value is -2.38. The highest BCUT2D eigenvalue weighted by Crippen LogP contribution is 2.29. The maximum absolute atomic E-state index is 12.7. The lowest BCUT2D eigenvalue weighted by Crippen LogP contribution is -2.50. The van der Waals surface area contributed by atoms with Crippen molar-refractivity contribution in [1.82, 2.24) is 18.7 Å². The van der Waals surface area contributed by atoms with Crippen molar-refractivity contribution < 1.29 is 4.79 Å². The summed E-state index contributed by atoms with van der Waals surface area (Å²) in [4.78, 5) is 19.6. The number of aromatic nitrogens is 2. The van der Waals surface area contributed by atoms with Crippen LogP contribution in [0.1, 0.15) is 16.1 Å². The largest absolute Gasteiger partial charge is 0.353 e. The number of rotatable bonds is 4. The van der Waals surface area contributed by atoms with Gasteiger partial charge in [-0.3, -0.25) is 9.69 Å². The Labute approximate surface area is 169 Å². The van der Waals surface area contributed by atoms with Crippen LogP contribution < -0.4 is 4.90 Å². The van der Waals surface area contributed by atoms with E-state index in [1.165, 1.54) is 10.1 Å². The minimum atomic E-state index is 0.173. The first-order valence-electron chi connectivity index (χ1n) is 9.97. The predicted octanol–water partition coefficient (Wildman–Crippen LogP) is 2.68. The topological polar surface area (TPSA) is 44.6 Å². The van der Waals surface area contributed by atoms with Gasteiger partial charge in [0.15, 0.2) is 0 Å². The molecule has 146 valence electrons. The van der Waals surface area contributed by atoms with E-state index in [1.807, 2.05) is 17.9 Å². The van der Waals surface area contributed by atoms with Gasteiger partial charge in [-0.2, -0.15) is 4.37 Å². The average molecular weight is 396 g/mol. The molecular formula is C21H25N5OS. The van der Waals surface area contributed by atoms with Crippen LogP contribution in [0.2, 0.25) is 0 Å². The van der Waals surface area contributed by atoms with E-state index < -0.39 is 0 Å². The zero-order chi connectivity index (χ0) is 19.1. The van der Waals surface area contributed by atoms with Gasteiger partial charge in [0.05, 0.1) is 4.70 Å². The van der Waals surface area contributed by atoms with Crippen molar-refractivity contribution in [1.29, 1.82) is 0 Å². The molecule has 28 heavy (non-hydrogen) atoms. The van der Waals surface area contributed by atoms with Crippen LogP contribution in [-0.4, -0.2) is 70.5 Å². The van der Waals surface area contributed by atoms with Crippen LogP contribution in [0.5, 0.6) is 0 Å². The van der Waals surface area contributed by atoms with Crippen molar-refractivity contribution in [3.63, 3.8) is 0 Å². The van der Waals surface area contributed by atoms with E-state index in [2.05, 4.69) is 44.8 Å². The maximum atomic E-state index is 12.7. The minimum Gasteiger partial charge on any atom is -0.353 e. The smallest absolute Gasteiger partial charge is 0.270 e. The van der Waals surface area contributed by atoms with E-state index in [1.54, 1.807) is 11.5 Å². The molecule has 1 fully saturated rings. The molecule has 0 N–H and O–H groups in total. The van der Waals surface area contributed by atoms with Crippen molar-refractivity contribution in [3.05, 3.63) is 47.8 Å². The Morgan fingerprint density at radius 1 is 1.04 bits per heavy atom. The first-order chi connectivity index (χ1) is 13.7. The first-order valence-corrected chi connectivity index (χ1v) is 10.7. The normalized spacial score (nSPS) is 18.1. The summed E-state index contributed by atoms with van der Waals surface area (Å²) < 4.78 is 8.03. The van der Waals surface area contributed by atoms with Gasteiger partial charge in [0.2, 0.25) is 0 Å². The second-order valence-corrected chi connectivity index (χ2v) is 8.52. The van der Waals surface area contributed by atoms with Crippen LogP contribution in [-0.2, 0) is 6.54 Å². The van der Waals surface area contributed by atoms with E-state index in [4.69, 9.17) is 4.37 Å². The summed E-state index contributed by atoms with van der Waals surface area (Å²) in [6.45, 7) is 9.53. The highest BCUT2D eigenvalue weighted by atomic mass is 32.1. The summed E-state index contributed by atoms with van der Waals surface area (Å²) in [5.74, 6) is 1.30. The number of piperazine rings is 1. The Bertz CT molecular complexity index is 1000. The number of fused-ring (bicyclic) bond motifs is 2. The second kappa shape index (κ2) is 7.22. The van der Waals surface area contributed by atoms with Gasteiger partial charge >= 0.3 is 0 Å². The lowest BCUT2D eigenvalue weighted by Gasteiger charge is -2.36. The molecule has 1 amide bonds. The number of benzene rings is 1. The third kappa shape index (κ3) is 3.18. The summed E-state index contributed by atoms with van der Waals surface area (Å²) in [5.41, 5.74) is 2.00. The molecule has 0 atom stereocenters. The predicted molar refractivity (Wildman–Crippen MR) is 113 cm³/mol. The van der Waals surface area contributed by atoms with Gasteiger partial charge in [0, 0.05) is 63.9 Å². The first kappa shape index (κ1) is 17.7. The van der Waals surface area contributed by atoms with Gasteiger partial charge in [0.25, 0.3) is 5.91 Å². The maximum Gasteiger partial charge on any atom is 0.270 e. The van der Waals surface area contributed by atoms with Crippen LogP contribution in [0.3, 0.4) is 0 Å². The molecule has 4 heterocycles. The van der Waals surface area contributed by atoms with Gasteiger partial charge in [-0.1, -0.05) is 12.1 Å². The Balaban J connectivity index is 1.17. The third-order valence-corrected chi connectivity index (χ3v) is 6.68. The molecule has 2 aromatic heterocycles. The molecule has 7 heteroatoms. The van der Waals surface area contributed by atoms with Crippen molar-refractivity contribution in [3.8, 4) is 0 Å². The van der Waals surface area contributed by atoms with Crippen LogP contribution in [0.25, 0.3) is 10.1 Å². The number of aryl methyl sites for hydroxylation is 1. The Morgan fingerprint density at radius 3 is 2.71 bits per heavy atom. The molecule has 0 unspecified atom stereocenters. The highest BCUT2D eigenvalue weighted by molar-refractivity contribution is 7.13. The highest BCUT2D eigenvalue weighted by Gasteiger charge is 2.26. The van der Waals surface area contributed by atoms with Crippen molar-refractivity contribution in [2.45, 2.75) is 13.5 Å². The minimum absolute atomic E-state index is 0.173. The van der Waals surface area contributed by atoms with Crippen LogP contribution >= 0.6 is 11.5 Å². The van der Waals surface area contributed by atoms with E-state index in [0.29, 0.717) is 0 Å². The molecule has 0 spiro atoms. The summed E-state index contributed by atoms with van der Waals surface area (Å²) in [7, 11) is 0. The van der Waals surface area contributed by atoms with E-state index in [0.717, 1.165) is 69.4 Å². The quantitative estimate of drug-likeness (QED) is 0.681. The molecule has 1 aromatic carbocycles. The Kier molecular flexibility index (Phi) is 4.56. The lowest BCUT2D eigenvalue weighted by molar-refractivity contribution is 0.0681. The molecular weight excluding hydrogens is 370 g/mol. The van der Waals surface area contributed by atoms with Crippen LogP contribution in [0.4, 0.5) is 5.82 Å². The van der Waals surface area contributed by atoms with Gasteiger partial charge < -0.3 is 14.4 Å². The fourth-order valence-electron chi connectivity index (χ4n) is 4.27. The van der Waals surface area contributed by atoms with Crippen LogP contribution in [0, 0.1) is 6.92 Å². The van der Waals surface area contributed by atoms with Gasteiger partial charge in [-0.05, 0) is 42.2 Å². The van der Waals surface area contributed by atoms with Crippen molar-refractivity contribution in [2.75, 3.05) is 50.7 Å². The number of amides is 1. The molecule has 2 aliphatic heterocycles. The number of hydrogen-bond donors (Lipinski definition) is 0. The molecule has 2 aliphatic rings. The fourth-order valence-corrected chi connectivity index (χ4v) is 5.07. The molecule has 6 nitrogen and oxygen atoms in total. The average Bonchev–Trinajstić information content (AvgIpc) is 3.31. The number of anilines is 1.